The van der Waals surface area contributed by atoms with Gasteiger partial charge in [-0.1, -0.05) is 29.0 Å². The van der Waals surface area contributed by atoms with E-state index in [1.807, 2.05) is 19.1 Å². The number of aromatic nitrogens is 1. The van der Waals surface area contributed by atoms with Crippen molar-refractivity contribution in [3.8, 4) is 0 Å². The van der Waals surface area contributed by atoms with Gasteiger partial charge in [0.1, 0.15) is 4.90 Å². The van der Waals surface area contributed by atoms with E-state index in [2.05, 4.69) is 9.71 Å². The van der Waals surface area contributed by atoms with Crippen LogP contribution in [0.2, 0.25) is 0 Å². The number of pyridine rings is 1. The zero-order chi connectivity index (χ0) is 25.2. The highest BCUT2D eigenvalue weighted by molar-refractivity contribution is 8.25. The van der Waals surface area contributed by atoms with Crippen molar-refractivity contribution in [3.05, 3.63) is 66.4 Å². The molecule has 0 aliphatic carbocycles. The number of hydrogen-bond acceptors (Lipinski definition) is 7. The number of benzene rings is 2. The smallest absolute Gasteiger partial charge is 0.410 e. The predicted octanol–water partition coefficient (Wildman–Crippen LogP) is 5.06. The molecule has 1 unspecified atom stereocenters. The summed E-state index contributed by atoms with van der Waals surface area (Å²) in [6.45, 7) is 6.71. The number of nitrogens with zero attached hydrogens (tertiary/aromatic N) is 3. The third-order valence-corrected chi connectivity index (χ3v) is 7.24. The fraction of sp³-hybridized carbons (Fsp3) is 0.320. The number of amides is 2. The number of fused-ring (bicyclic) bond motifs is 1. The molecule has 1 aromatic heterocycles. The first kappa shape index (κ1) is 24.8. The van der Waals surface area contributed by atoms with E-state index in [4.69, 9.17) is 4.74 Å². The molecule has 0 bridgehead atoms. The minimum atomic E-state index is -3.38. The molecule has 186 valence electrons. The highest BCUT2D eigenvalue weighted by atomic mass is 32.3. The maximum atomic E-state index is 13.1. The zero-order valence-corrected chi connectivity index (χ0v) is 20.7. The first-order chi connectivity index (χ1) is 16.7. The molecule has 0 radical (unpaired) electrons. The van der Waals surface area contributed by atoms with E-state index in [9.17, 15) is 18.7 Å². The molecule has 2 aromatic carbocycles. The van der Waals surface area contributed by atoms with Crippen LogP contribution in [0.4, 0.5) is 10.5 Å². The minimum Gasteiger partial charge on any atom is -0.447 e. The van der Waals surface area contributed by atoms with Crippen molar-refractivity contribution in [1.82, 2.24) is 14.8 Å². The van der Waals surface area contributed by atoms with Gasteiger partial charge >= 0.3 is 6.09 Å². The Hall–Kier alpha value is -3.34. The molecular formula is C25H30N4O5S. The Labute approximate surface area is 206 Å². The van der Waals surface area contributed by atoms with Gasteiger partial charge in [0, 0.05) is 42.8 Å². The Kier molecular flexibility index (Phi) is 7.15. The molecule has 2 amide bonds. The molecule has 35 heavy (non-hydrogen) atoms. The maximum absolute atomic E-state index is 13.1. The predicted molar refractivity (Wildman–Crippen MR) is 137 cm³/mol. The lowest BCUT2D eigenvalue weighted by molar-refractivity contribution is 0.0338. The molecule has 0 spiro atoms. The number of rotatable bonds is 5. The average molecular weight is 499 g/mol. The van der Waals surface area contributed by atoms with E-state index in [0.717, 1.165) is 5.39 Å². The number of nitrogens with one attached hydrogen (secondary N) is 1. The molecule has 1 fully saturated rings. The van der Waals surface area contributed by atoms with Gasteiger partial charge in [-0.05, 0) is 57.2 Å². The number of ether oxygens (including phenoxy) is 1. The maximum Gasteiger partial charge on any atom is 0.410 e. The Morgan fingerprint density at radius 1 is 1.09 bits per heavy atom. The normalized spacial score (nSPS) is 16.9. The van der Waals surface area contributed by atoms with Crippen LogP contribution in [-0.4, -0.2) is 67.7 Å². The monoisotopic (exact) mass is 498 g/mol. The van der Waals surface area contributed by atoms with Crippen LogP contribution in [0.5, 0.6) is 0 Å². The number of anilines is 1. The van der Waals surface area contributed by atoms with Crippen molar-refractivity contribution in [1.29, 1.82) is 0 Å². The Morgan fingerprint density at radius 2 is 1.80 bits per heavy atom. The summed E-state index contributed by atoms with van der Waals surface area (Å²) in [5, 5.41) is 0.805. The van der Waals surface area contributed by atoms with Crippen molar-refractivity contribution in [3.63, 3.8) is 0 Å². The Balaban J connectivity index is 1.43. The first-order valence-corrected chi connectivity index (χ1v) is 13.0. The van der Waals surface area contributed by atoms with Gasteiger partial charge in [0.25, 0.3) is 5.91 Å². The van der Waals surface area contributed by atoms with Crippen LogP contribution in [-0.2, 0) is 4.74 Å². The fourth-order valence-electron chi connectivity index (χ4n) is 4.07. The van der Waals surface area contributed by atoms with Crippen molar-refractivity contribution in [2.75, 3.05) is 24.4 Å². The standard InChI is InChI=1S/C25H30N4O5S/c1-17(2)34-25(31)28-14-15-29(18(3)16-28)24(30)20-9-11-21(12-10-20)27-35(32,33)22-8-4-6-19-7-5-13-26-23(19)22/h4-13,17-18,27,32-33H,14-16H2,1-3H3. The number of para-hydroxylation sites is 1. The minimum absolute atomic E-state index is 0.147. The summed E-state index contributed by atoms with van der Waals surface area (Å²) in [4.78, 5) is 33.2. The molecule has 1 saturated heterocycles. The second-order valence-electron chi connectivity index (χ2n) is 8.79. The Morgan fingerprint density at radius 3 is 2.49 bits per heavy atom. The van der Waals surface area contributed by atoms with Gasteiger partial charge in [0.2, 0.25) is 0 Å². The summed E-state index contributed by atoms with van der Waals surface area (Å²) >= 11 is 0. The van der Waals surface area contributed by atoms with Gasteiger partial charge in [-0.3, -0.25) is 23.6 Å². The van der Waals surface area contributed by atoms with Gasteiger partial charge in [-0.2, -0.15) is 0 Å². The van der Waals surface area contributed by atoms with E-state index in [1.54, 1.807) is 72.3 Å². The quantitative estimate of drug-likeness (QED) is 0.450. The summed E-state index contributed by atoms with van der Waals surface area (Å²) in [7, 11) is -3.38. The van der Waals surface area contributed by atoms with Crippen molar-refractivity contribution < 1.29 is 23.4 Å². The first-order valence-electron chi connectivity index (χ1n) is 11.4. The van der Waals surface area contributed by atoms with Crippen LogP contribution in [0.15, 0.2) is 65.7 Å². The molecule has 3 N–H and O–H groups in total. The van der Waals surface area contributed by atoms with Crippen LogP contribution < -0.4 is 4.72 Å². The van der Waals surface area contributed by atoms with Crippen molar-refractivity contribution >= 4 is 39.4 Å². The van der Waals surface area contributed by atoms with E-state index in [-0.39, 0.29) is 24.1 Å². The van der Waals surface area contributed by atoms with E-state index >= 15 is 0 Å². The van der Waals surface area contributed by atoms with E-state index in [1.165, 1.54) is 0 Å². The molecule has 9 nitrogen and oxygen atoms in total. The number of piperazine rings is 1. The third-order valence-electron chi connectivity index (χ3n) is 5.78. The highest BCUT2D eigenvalue weighted by Gasteiger charge is 2.31. The van der Waals surface area contributed by atoms with Gasteiger partial charge in [0.05, 0.1) is 17.3 Å². The van der Waals surface area contributed by atoms with Gasteiger partial charge in [-0.25, -0.2) is 4.79 Å². The highest BCUT2D eigenvalue weighted by Crippen LogP contribution is 2.50. The van der Waals surface area contributed by atoms with Crippen LogP contribution in [0.25, 0.3) is 10.9 Å². The zero-order valence-electron chi connectivity index (χ0n) is 19.9. The average Bonchev–Trinajstić information content (AvgIpc) is 2.83. The van der Waals surface area contributed by atoms with Crippen LogP contribution in [0.3, 0.4) is 0 Å². The Bertz CT molecular complexity index is 1210. The van der Waals surface area contributed by atoms with Gasteiger partial charge in [-0.15, -0.1) is 0 Å². The van der Waals surface area contributed by atoms with Crippen LogP contribution in [0, 0.1) is 0 Å². The summed E-state index contributed by atoms with van der Waals surface area (Å²) in [6, 6.07) is 15.3. The molecule has 1 aliphatic rings. The molecule has 4 rings (SSSR count). The van der Waals surface area contributed by atoms with Crippen molar-refractivity contribution in [2.45, 2.75) is 37.8 Å². The second-order valence-corrected chi connectivity index (χ2v) is 10.5. The topological polar surface area (TPSA) is 115 Å². The SMILES string of the molecule is CC(C)OC(=O)N1CCN(C(=O)c2ccc(NS(O)(O)c3cccc4cccnc34)cc2)C(C)C1. The fourth-order valence-corrected chi connectivity index (χ4v) is 5.36. The number of carbonyl (C=O) groups excluding carboxylic acids is 2. The van der Waals surface area contributed by atoms with Crippen LogP contribution in [0.1, 0.15) is 31.1 Å². The summed E-state index contributed by atoms with van der Waals surface area (Å²) in [5.74, 6) is -0.147. The van der Waals surface area contributed by atoms with Crippen LogP contribution >= 0.6 is 10.8 Å². The molecule has 1 atom stereocenters. The van der Waals surface area contributed by atoms with Gasteiger partial charge in [0.15, 0.2) is 0 Å². The molecule has 1 aliphatic heterocycles. The summed E-state index contributed by atoms with van der Waals surface area (Å²) in [6.07, 6.45) is 1.05. The number of hydrogen-bond donors (Lipinski definition) is 3. The largest absolute Gasteiger partial charge is 0.447 e. The molecule has 3 aromatic rings. The third kappa shape index (κ3) is 5.50. The lowest BCUT2D eigenvalue weighted by atomic mass is 10.1. The number of carbonyl (C=O) groups is 2. The lowest BCUT2D eigenvalue weighted by Gasteiger charge is -2.39. The van der Waals surface area contributed by atoms with E-state index in [0.29, 0.717) is 41.3 Å². The summed E-state index contributed by atoms with van der Waals surface area (Å²) < 4.78 is 29.7. The second kappa shape index (κ2) is 10.1. The summed E-state index contributed by atoms with van der Waals surface area (Å²) in [5.41, 5.74) is 1.45. The molecule has 2 heterocycles. The molecule has 10 heteroatoms. The molecule has 0 saturated carbocycles. The molecular weight excluding hydrogens is 468 g/mol. The van der Waals surface area contributed by atoms with Gasteiger partial charge < -0.3 is 14.5 Å². The van der Waals surface area contributed by atoms with E-state index < -0.39 is 10.8 Å². The van der Waals surface area contributed by atoms with Crippen molar-refractivity contribution in [2.24, 2.45) is 0 Å². The lowest BCUT2D eigenvalue weighted by Crippen LogP contribution is -2.55.